The van der Waals surface area contributed by atoms with Crippen LogP contribution in [0.2, 0.25) is 0 Å². The number of hydrogen-bond donors (Lipinski definition) is 0. The summed E-state index contributed by atoms with van der Waals surface area (Å²) in [5.74, 6) is 7.21. The zero-order chi connectivity index (χ0) is 114. The molecule has 0 saturated carbocycles. The van der Waals surface area contributed by atoms with E-state index in [-0.39, 0.29) is 26.4 Å². The first-order valence-corrected chi connectivity index (χ1v) is 60.2. The molecule has 12 nitrogen and oxygen atoms in total. The van der Waals surface area contributed by atoms with Crippen LogP contribution in [0, 0.1) is 0 Å². The van der Waals surface area contributed by atoms with Crippen LogP contribution in [0.3, 0.4) is 0 Å². The Morgan fingerprint density at radius 1 is 0.153 bits per heavy atom. The van der Waals surface area contributed by atoms with Crippen LogP contribution >= 0.6 is 0 Å². The monoisotopic (exact) mass is 2090 g/mol. The van der Waals surface area contributed by atoms with Gasteiger partial charge in [-0.3, -0.25) is 0 Å². The zero-order valence-electron chi connectivity index (χ0n) is 106. The van der Waals surface area contributed by atoms with Gasteiger partial charge in [0.25, 0.3) is 0 Å². The van der Waals surface area contributed by atoms with E-state index in [9.17, 15) is 17.7 Å². The van der Waals surface area contributed by atoms with Gasteiger partial charge in [0.05, 0.1) is 77.0 Å². The number of ether oxygens (including phenoxy) is 8. The highest BCUT2D eigenvalue weighted by Crippen LogP contribution is 2.71. The lowest BCUT2D eigenvalue weighted by atomic mass is 9.71. The van der Waals surface area contributed by atoms with Crippen molar-refractivity contribution in [3.8, 4) is 46.0 Å². The summed E-state index contributed by atoms with van der Waals surface area (Å²) in [5, 5.41) is -4.44. The Hall–Kier alpha value is -7.57. The highest BCUT2D eigenvalue weighted by atomic mass is 28.4. The summed E-state index contributed by atoms with van der Waals surface area (Å²) in [6.45, 7) is 115. The molecule has 0 aromatic heterocycles. The SMILES string of the molecule is COc1c(C(C)(C)C)cc(C2(c3cc(C(C)(C)C)c(OC)c(C(C)(C)C)c3)CCC(c3cc(C(C)(C)C)c(OC)c(C(C)(C)C)c3)(c3cc(C(C)(C)C)c(OC)c(C(C)(C)C)c3)[Si]23OCCCCO[Si]2(OCCCCO3)C(c3cc(C(C)(C)C)c(OC)c(C(C)(C)C)c3)(c3cc(C(C)(C)C)c(OC)c(C(C)(C)C)c3)CCC2(c2cc(C(C)(C)C)c(OC)c(C(C)(C)C)c2)c2cc(C(C)(C)C)c(OC)c(C(C)(C)C)c2)cc1C(C)(C)C. The van der Waals surface area contributed by atoms with Crippen molar-refractivity contribution in [3.05, 3.63) is 231 Å². The lowest BCUT2D eigenvalue weighted by Crippen LogP contribution is -2.69. The van der Waals surface area contributed by atoms with Gasteiger partial charge >= 0.3 is 17.1 Å². The van der Waals surface area contributed by atoms with Crippen molar-refractivity contribution in [1.82, 2.24) is 0 Å². The van der Waals surface area contributed by atoms with E-state index in [2.05, 4.69) is 429 Å². The smallest absolute Gasteiger partial charge is 0.369 e. The molecule has 0 amide bonds. The van der Waals surface area contributed by atoms with E-state index in [1.807, 2.05) is 56.9 Å². The minimum absolute atomic E-state index is 0.284. The van der Waals surface area contributed by atoms with Crippen molar-refractivity contribution < 1.29 is 55.6 Å². The molecule has 3 aliphatic rings. The molecule has 2 spiro atoms. The van der Waals surface area contributed by atoms with E-state index in [1.54, 1.807) is 0 Å². The largest absolute Gasteiger partial charge is 0.496 e. The molecule has 3 aliphatic heterocycles. The zero-order valence-corrected chi connectivity index (χ0v) is 108. The normalized spacial score (nSPS) is 17.8. The molecule has 3 saturated heterocycles. The molecule has 3 fully saturated rings. The fourth-order valence-corrected chi connectivity index (χ4v) is 36.8. The molecule has 832 valence electrons. The minimum atomic E-state index is -4.74. The molecule has 0 aliphatic carbocycles. The molecule has 11 rings (SSSR count). The van der Waals surface area contributed by atoms with Crippen molar-refractivity contribution >= 4 is 17.1 Å². The fourth-order valence-electron chi connectivity index (χ4n) is 25.5. The van der Waals surface area contributed by atoms with Crippen LogP contribution in [0.5, 0.6) is 46.0 Å². The number of rotatable bonds is 16. The van der Waals surface area contributed by atoms with Gasteiger partial charge in [-0.05, 0) is 183 Å². The number of methoxy groups -OCH3 is 8. The van der Waals surface area contributed by atoms with Crippen LogP contribution < -0.4 is 37.9 Å². The molecule has 0 N–H and O–H groups in total. The lowest BCUT2D eigenvalue weighted by molar-refractivity contribution is 0.105. The predicted molar refractivity (Wildman–Crippen MR) is 639 cm³/mol. The average molecular weight is 2090 g/mol. The van der Waals surface area contributed by atoms with Crippen LogP contribution in [0.4, 0.5) is 0 Å². The van der Waals surface area contributed by atoms with E-state index in [0.717, 1.165) is 180 Å². The molecular formula is C136H208O12Si2. The molecule has 3 heterocycles. The van der Waals surface area contributed by atoms with E-state index >= 15 is 0 Å². The maximum absolute atomic E-state index is 9.61. The van der Waals surface area contributed by atoms with Gasteiger partial charge in [-0.1, -0.05) is 429 Å². The van der Waals surface area contributed by atoms with Crippen LogP contribution in [0.15, 0.2) is 97.1 Å². The van der Waals surface area contributed by atoms with Crippen molar-refractivity contribution in [2.45, 2.75) is 490 Å². The Balaban J connectivity index is 1.47. The second kappa shape index (κ2) is 41.1. The van der Waals surface area contributed by atoms with Crippen LogP contribution in [0.25, 0.3) is 0 Å². The number of benzene rings is 8. The average Bonchev–Trinajstić information content (AvgIpc) is 1.48. The van der Waals surface area contributed by atoms with Gasteiger partial charge in [-0.25, -0.2) is 0 Å². The summed E-state index contributed by atoms with van der Waals surface area (Å²) in [7, 11) is 5.56. The van der Waals surface area contributed by atoms with Crippen molar-refractivity contribution in [2.75, 3.05) is 83.3 Å². The third-order valence-electron chi connectivity index (χ3n) is 33.5. The van der Waals surface area contributed by atoms with E-state index < -0.39 is 124 Å². The van der Waals surface area contributed by atoms with Crippen LogP contribution in [-0.4, -0.2) is 100 Å². The highest BCUT2D eigenvalue weighted by Gasteiger charge is 2.79. The van der Waals surface area contributed by atoms with E-state index in [4.69, 9.17) is 37.9 Å². The Kier molecular flexibility index (Phi) is 33.6. The van der Waals surface area contributed by atoms with E-state index in [0.29, 0.717) is 51.4 Å². The predicted octanol–water partition coefficient (Wildman–Crippen LogP) is 35.0. The molecule has 8 aromatic rings. The van der Waals surface area contributed by atoms with Gasteiger partial charge in [0.1, 0.15) is 46.0 Å². The first-order valence-electron chi connectivity index (χ1n) is 56.5. The standard InChI is InChI=1S/C136H208O12Si2/c1-117(2,3)93-69-85(70-94(109(93)137-49)118(4,5)6)133(86-71-95(119(7,8)9)110(138-50)96(72-86)120(10,11)12)61-62-134(87-73-97(121(13,14)15)111(139-51)98(74-87)122(16,17)18,88-75-99(123(19,20)21)112(140-52)100(76-88)124(22,23)24)149(133)145-65-57-59-67-147-150(148-68-60-58-66-146-149)135(89-77-101(125(25,26)27)113(141-53)102(78-89)126(28,29)30,90-79-103(127(31,32)33)114(142-54)104(80-90)128(34,35)36)63-64-136(150,91-81-105(129(37,38)39)115(143-55)106(82-91)130(40,41)42)92-83-107(131(43,44)45)116(144-56)108(84-92)132(46,47)48/h69-84H,57-68H2,1-56H3. The second-order valence-corrected chi connectivity index (χ2v) is 68.5. The maximum atomic E-state index is 9.61. The third-order valence-corrected chi connectivity index (χ3v) is 43.8. The Morgan fingerprint density at radius 2 is 0.233 bits per heavy atom. The quantitative estimate of drug-likeness (QED) is 0.0859. The van der Waals surface area contributed by atoms with E-state index in [1.165, 1.54) is 0 Å². The van der Waals surface area contributed by atoms with Crippen LogP contribution in [0.1, 0.15) is 517 Å². The van der Waals surface area contributed by atoms with Gasteiger partial charge in [0.15, 0.2) is 0 Å². The molecule has 8 aromatic carbocycles. The molecule has 0 unspecified atom stereocenters. The van der Waals surface area contributed by atoms with Crippen molar-refractivity contribution in [1.29, 1.82) is 0 Å². The molecule has 0 atom stereocenters. The Bertz CT molecular complexity index is 4860. The first-order chi connectivity index (χ1) is 68.1. The maximum Gasteiger partial charge on any atom is 0.369 e. The third kappa shape index (κ3) is 22.0. The van der Waals surface area contributed by atoms with Crippen molar-refractivity contribution in [3.63, 3.8) is 0 Å². The summed E-state index contributed by atoms with van der Waals surface area (Å²) < 4.78 is 94.5. The molecule has 0 bridgehead atoms. The van der Waals surface area contributed by atoms with Gasteiger partial charge in [-0.2, -0.15) is 0 Å². The summed E-state index contributed by atoms with van der Waals surface area (Å²) in [5.41, 5.74) is 20.2. The molecular weight excluding hydrogens is 1880 g/mol. The van der Waals surface area contributed by atoms with Crippen molar-refractivity contribution in [2.24, 2.45) is 0 Å². The highest BCUT2D eigenvalue weighted by molar-refractivity contribution is 6.77. The van der Waals surface area contributed by atoms with Gasteiger partial charge < -0.3 is 55.6 Å². The second-order valence-electron chi connectivity index (χ2n) is 61.5. The fraction of sp³-hybridized carbons (Fsp3) is 0.647. The van der Waals surface area contributed by atoms with Gasteiger partial charge in [0, 0.05) is 115 Å². The Labute approximate surface area is 917 Å². The molecule has 150 heavy (non-hydrogen) atoms. The van der Waals surface area contributed by atoms with Crippen LogP contribution in [-0.2, 0) is 124 Å². The summed E-state index contributed by atoms with van der Waals surface area (Å²) in [6, 6.07) is 41.3. The topological polar surface area (TPSA) is 111 Å². The van der Waals surface area contributed by atoms with Gasteiger partial charge in [-0.15, -0.1) is 0 Å². The van der Waals surface area contributed by atoms with Gasteiger partial charge in [0.2, 0.25) is 0 Å². The summed E-state index contributed by atoms with van der Waals surface area (Å²) in [6.07, 6.45) is 4.67. The lowest BCUT2D eigenvalue weighted by Gasteiger charge is -2.53. The number of hydrogen-bond acceptors (Lipinski definition) is 12. The first kappa shape index (κ1) is 123. The summed E-state index contributed by atoms with van der Waals surface area (Å²) in [4.78, 5) is 0. The molecule has 14 heteroatoms. The Morgan fingerprint density at radius 3 is 0.300 bits per heavy atom. The summed E-state index contributed by atoms with van der Waals surface area (Å²) >= 11 is 0. The minimum Gasteiger partial charge on any atom is -0.496 e. The molecule has 0 radical (unpaired) electrons.